The summed E-state index contributed by atoms with van der Waals surface area (Å²) in [6.07, 6.45) is 2.02. The van der Waals surface area contributed by atoms with Crippen LogP contribution in [0.15, 0.2) is 47.4 Å². The third-order valence-electron chi connectivity index (χ3n) is 6.22. The summed E-state index contributed by atoms with van der Waals surface area (Å²) in [5.74, 6) is -0.378. The average molecular weight is 532 g/mol. The van der Waals surface area contributed by atoms with Crippen LogP contribution < -0.4 is 14.8 Å². The number of carboxylic acids is 1. The highest BCUT2D eigenvalue weighted by atomic mass is 32.2. The number of methoxy groups -OCH3 is 1. The smallest absolute Gasteiger partial charge is 0.335 e. The number of hydrogen-bond donors (Lipinski definition) is 3. The van der Waals surface area contributed by atoms with E-state index in [1.54, 1.807) is 12.1 Å². The summed E-state index contributed by atoms with van der Waals surface area (Å²) in [5.41, 5.74) is 1.82. The molecule has 1 fully saturated rings. The van der Waals surface area contributed by atoms with Gasteiger partial charge in [0.05, 0.1) is 23.2 Å². The molecule has 11 heteroatoms. The Balaban J connectivity index is 1.59. The summed E-state index contributed by atoms with van der Waals surface area (Å²) in [6.45, 7) is 5.61. The SMILES string of the molecule is COc1ccc(-c2sc(NC(C)C3CCOCC3)nc2C)cc1S(=O)(=O)Nc1ccc(C(=O)O)cc1. The van der Waals surface area contributed by atoms with E-state index in [2.05, 4.69) is 21.9 Å². The van der Waals surface area contributed by atoms with Crippen LogP contribution in [0, 0.1) is 12.8 Å². The zero-order valence-electron chi connectivity index (χ0n) is 20.3. The molecule has 3 N–H and O–H groups in total. The zero-order chi connectivity index (χ0) is 25.9. The number of aromatic nitrogens is 1. The Morgan fingerprint density at radius 2 is 1.89 bits per heavy atom. The van der Waals surface area contributed by atoms with Crippen molar-refractivity contribution in [2.75, 3.05) is 30.4 Å². The molecule has 1 aliphatic rings. The number of hydrogen-bond acceptors (Lipinski definition) is 8. The van der Waals surface area contributed by atoms with Gasteiger partial charge in [-0.25, -0.2) is 18.2 Å². The fourth-order valence-corrected chi connectivity index (χ4v) is 6.49. The normalized spacial score (nSPS) is 15.3. The molecule has 0 saturated carbocycles. The molecule has 4 rings (SSSR count). The zero-order valence-corrected chi connectivity index (χ0v) is 21.9. The number of anilines is 2. The van der Waals surface area contributed by atoms with Gasteiger partial charge in [-0.1, -0.05) is 11.3 Å². The second-order valence-corrected chi connectivity index (χ2v) is 11.3. The molecule has 0 spiro atoms. The van der Waals surface area contributed by atoms with Crippen molar-refractivity contribution < 1.29 is 27.8 Å². The van der Waals surface area contributed by atoms with E-state index >= 15 is 0 Å². The second kappa shape index (κ2) is 10.9. The molecule has 1 saturated heterocycles. The van der Waals surface area contributed by atoms with Crippen molar-refractivity contribution in [3.8, 4) is 16.2 Å². The van der Waals surface area contributed by atoms with E-state index in [1.165, 1.54) is 42.7 Å². The minimum absolute atomic E-state index is 0.0253. The van der Waals surface area contributed by atoms with Gasteiger partial charge in [0.1, 0.15) is 10.6 Å². The maximum absolute atomic E-state index is 13.3. The lowest BCUT2D eigenvalue weighted by atomic mass is 9.93. The lowest BCUT2D eigenvalue weighted by molar-refractivity contribution is 0.0622. The maximum Gasteiger partial charge on any atom is 0.335 e. The monoisotopic (exact) mass is 531 g/mol. The number of nitrogens with zero attached hydrogens (tertiary/aromatic N) is 1. The van der Waals surface area contributed by atoms with Crippen molar-refractivity contribution in [3.63, 3.8) is 0 Å². The standard InChI is InChI=1S/C25H29N3O6S2/c1-15(17-10-12-34-13-11-17)26-25-27-16(2)23(35-25)19-6-9-21(33-3)22(14-19)36(31,32)28-20-7-4-18(5-8-20)24(29)30/h4-9,14-15,17,28H,10-13H2,1-3H3,(H,26,27)(H,29,30). The summed E-state index contributed by atoms with van der Waals surface area (Å²) >= 11 is 1.48. The first-order valence-electron chi connectivity index (χ1n) is 11.5. The number of ether oxygens (including phenoxy) is 2. The molecular formula is C25H29N3O6S2. The molecule has 1 aromatic heterocycles. The van der Waals surface area contributed by atoms with Crippen LogP contribution >= 0.6 is 11.3 Å². The number of aryl methyl sites for hydroxylation is 1. The number of nitrogens with one attached hydrogen (secondary N) is 2. The Kier molecular flexibility index (Phi) is 7.82. The fourth-order valence-electron chi connectivity index (χ4n) is 4.17. The minimum atomic E-state index is -4.02. The van der Waals surface area contributed by atoms with E-state index in [1.807, 2.05) is 13.0 Å². The van der Waals surface area contributed by atoms with Gasteiger partial charge in [-0.2, -0.15) is 0 Å². The summed E-state index contributed by atoms with van der Waals surface area (Å²) in [4.78, 5) is 16.6. The third-order valence-corrected chi connectivity index (χ3v) is 8.76. The highest BCUT2D eigenvalue weighted by Crippen LogP contribution is 2.37. The molecule has 1 atom stereocenters. The van der Waals surface area contributed by atoms with Crippen LogP contribution in [-0.4, -0.2) is 50.8 Å². The molecule has 2 aromatic carbocycles. The van der Waals surface area contributed by atoms with Crippen LogP contribution in [0.4, 0.5) is 10.8 Å². The number of sulfonamides is 1. The van der Waals surface area contributed by atoms with Gasteiger partial charge in [0.25, 0.3) is 10.0 Å². The van der Waals surface area contributed by atoms with Gasteiger partial charge in [0.15, 0.2) is 5.13 Å². The first-order chi connectivity index (χ1) is 17.2. The number of thiazole rings is 1. The van der Waals surface area contributed by atoms with Gasteiger partial charge in [0.2, 0.25) is 0 Å². The van der Waals surface area contributed by atoms with Crippen molar-refractivity contribution >= 4 is 38.1 Å². The summed E-state index contributed by atoms with van der Waals surface area (Å²) < 4.78 is 39.8. The molecule has 0 aliphatic carbocycles. The molecule has 2 heterocycles. The number of aromatic carboxylic acids is 1. The van der Waals surface area contributed by atoms with E-state index in [0.29, 0.717) is 11.5 Å². The van der Waals surface area contributed by atoms with Crippen LogP contribution in [0.3, 0.4) is 0 Å². The topological polar surface area (TPSA) is 127 Å². The molecule has 9 nitrogen and oxygen atoms in total. The maximum atomic E-state index is 13.3. The van der Waals surface area contributed by atoms with E-state index in [4.69, 9.17) is 14.6 Å². The number of benzene rings is 2. The number of rotatable bonds is 9. The first-order valence-corrected chi connectivity index (χ1v) is 13.8. The predicted molar refractivity (Wildman–Crippen MR) is 140 cm³/mol. The Labute approximate surface area is 214 Å². The van der Waals surface area contributed by atoms with Gasteiger partial charge < -0.3 is 19.9 Å². The van der Waals surface area contributed by atoms with Gasteiger partial charge in [-0.3, -0.25) is 4.72 Å². The third kappa shape index (κ3) is 5.80. The van der Waals surface area contributed by atoms with Crippen LogP contribution in [0.2, 0.25) is 0 Å². The van der Waals surface area contributed by atoms with E-state index in [0.717, 1.165) is 41.8 Å². The Hall–Kier alpha value is -3.15. The molecule has 0 amide bonds. The summed E-state index contributed by atoms with van der Waals surface area (Å²) in [6, 6.07) is 10.7. The Morgan fingerprint density at radius 1 is 1.19 bits per heavy atom. The van der Waals surface area contributed by atoms with Crippen LogP contribution in [0.25, 0.3) is 10.4 Å². The van der Waals surface area contributed by atoms with Crippen LogP contribution in [0.1, 0.15) is 35.8 Å². The largest absolute Gasteiger partial charge is 0.495 e. The highest BCUT2D eigenvalue weighted by Gasteiger charge is 2.24. The van der Waals surface area contributed by atoms with Crippen LogP contribution in [0.5, 0.6) is 5.75 Å². The van der Waals surface area contributed by atoms with Gasteiger partial charge in [0, 0.05) is 24.9 Å². The molecule has 0 radical (unpaired) electrons. The molecule has 0 bridgehead atoms. The van der Waals surface area contributed by atoms with Gasteiger partial charge in [-0.05, 0) is 80.6 Å². The van der Waals surface area contributed by atoms with Crippen molar-refractivity contribution in [3.05, 3.63) is 53.7 Å². The van der Waals surface area contributed by atoms with Gasteiger partial charge in [-0.15, -0.1) is 0 Å². The molecular weight excluding hydrogens is 502 g/mol. The minimum Gasteiger partial charge on any atom is -0.495 e. The van der Waals surface area contributed by atoms with Crippen LogP contribution in [-0.2, 0) is 14.8 Å². The molecule has 192 valence electrons. The van der Waals surface area contributed by atoms with Gasteiger partial charge >= 0.3 is 5.97 Å². The summed E-state index contributed by atoms with van der Waals surface area (Å²) in [7, 11) is -2.61. The molecule has 1 aliphatic heterocycles. The fraction of sp³-hybridized carbons (Fsp3) is 0.360. The molecule has 36 heavy (non-hydrogen) atoms. The molecule has 1 unspecified atom stereocenters. The van der Waals surface area contributed by atoms with Crippen molar-refractivity contribution in [1.29, 1.82) is 0 Å². The predicted octanol–water partition coefficient (Wildman–Crippen LogP) is 4.85. The average Bonchev–Trinajstić information content (AvgIpc) is 3.23. The van der Waals surface area contributed by atoms with E-state index < -0.39 is 16.0 Å². The Bertz CT molecular complexity index is 1330. The molecule has 3 aromatic rings. The second-order valence-electron chi connectivity index (χ2n) is 8.67. The van der Waals surface area contributed by atoms with E-state index in [9.17, 15) is 13.2 Å². The highest BCUT2D eigenvalue weighted by molar-refractivity contribution is 7.92. The quantitative estimate of drug-likeness (QED) is 0.358. The lowest BCUT2D eigenvalue weighted by Crippen LogP contribution is -2.30. The number of carboxylic acid groups (broad SMARTS) is 1. The first kappa shape index (κ1) is 25.9. The van der Waals surface area contributed by atoms with Crippen molar-refractivity contribution in [2.24, 2.45) is 5.92 Å². The van der Waals surface area contributed by atoms with Crippen molar-refractivity contribution in [2.45, 2.75) is 37.6 Å². The summed E-state index contributed by atoms with van der Waals surface area (Å²) in [5, 5.41) is 13.4. The number of carbonyl (C=O) groups is 1. The van der Waals surface area contributed by atoms with E-state index in [-0.39, 0.29) is 27.9 Å². The Morgan fingerprint density at radius 3 is 2.53 bits per heavy atom. The lowest BCUT2D eigenvalue weighted by Gasteiger charge is -2.28. The van der Waals surface area contributed by atoms with Crippen molar-refractivity contribution in [1.82, 2.24) is 4.98 Å².